The van der Waals surface area contributed by atoms with Crippen LogP contribution < -0.4 is 5.32 Å². The summed E-state index contributed by atoms with van der Waals surface area (Å²) >= 11 is 0. The van der Waals surface area contributed by atoms with Crippen LogP contribution in [0.4, 0.5) is 0 Å². The van der Waals surface area contributed by atoms with Crippen LogP contribution >= 0.6 is 0 Å². The molecule has 1 N–H and O–H groups in total. The number of nitrogens with one attached hydrogen (secondary N) is 1. The van der Waals surface area contributed by atoms with Crippen molar-refractivity contribution in [3.8, 4) is 0 Å². The van der Waals surface area contributed by atoms with E-state index in [9.17, 15) is 18.0 Å². The highest BCUT2D eigenvalue weighted by molar-refractivity contribution is 7.91. The lowest BCUT2D eigenvalue weighted by atomic mass is 10.1. The van der Waals surface area contributed by atoms with Crippen LogP contribution in [0.3, 0.4) is 0 Å². The zero-order valence-corrected chi connectivity index (χ0v) is 15.2. The first-order valence-corrected chi connectivity index (χ1v) is 9.95. The van der Waals surface area contributed by atoms with E-state index in [1.165, 1.54) is 0 Å². The van der Waals surface area contributed by atoms with Gasteiger partial charge in [-0.15, -0.1) is 0 Å². The number of carbonyl (C=O) groups excluding carboxylic acids is 2. The zero-order chi connectivity index (χ0) is 18.4. The van der Waals surface area contributed by atoms with Gasteiger partial charge in [0.25, 0.3) is 5.91 Å². The lowest BCUT2D eigenvalue weighted by Gasteiger charge is -2.11. The van der Waals surface area contributed by atoms with E-state index in [0.29, 0.717) is 18.6 Å². The molecule has 8 heteroatoms. The Hall–Kier alpha value is -1.93. The maximum absolute atomic E-state index is 11.9. The van der Waals surface area contributed by atoms with Crippen LogP contribution in [0.15, 0.2) is 24.3 Å². The molecule has 0 unspecified atom stereocenters. The molecule has 1 aliphatic rings. The van der Waals surface area contributed by atoms with Crippen molar-refractivity contribution in [2.45, 2.75) is 39.0 Å². The second kappa shape index (κ2) is 8.44. The van der Waals surface area contributed by atoms with Crippen molar-refractivity contribution >= 4 is 21.7 Å². The molecule has 25 heavy (non-hydrogen) atoms. The molecule has 1 aromatic rings. The fraction of sp³-hybridized carbons (Fsp3) is 0.529. The van der Waals surface area contributed by atoms with Gasteiger partial charge in [-0.1, -0.05) is 12.1 Å². The Morgan fingerprint density at radius 1 is 1.24 bits per heavy atom. The number of benzene rings is 1. The summed E-state index contributed by atoms with van der Waals surface area (Å²) < 4.78 is 33.1. The van der Waals surface area contributed by atoms with E-state index in [1.807, 2.05) is 13.8 Å². The molecule has 1 aromatic carbocycles. The van der Waals surface area contributed by atoms with Crippen LogP contribution in [0.1, 0.15) is 36.2 Å². The van der Waals surface area contributed by atoms with Crippen LogP contribution in [0.25, 0.3) is 0 Å². The lowest BCUT2D eigenvalue weighted by molar-refractivity contribution is -0.124. The van der Waals surface area contributed by atoms with Gasteiger partial charge in [-0.25, -0.2) is 13.2 Å². The predicted octanol–water partition coefficient (Wildman–Crippen LogP) is 1.07. The van der Waals surface area contributed by atoms with Gasteiger partial charge in [-0.3, -0.25) is 4.79 Å². The highest BCUT2D eigenvalue weighted by Gasteiger charge is 2.29. The fourth-order valence-corrected chi connectivity index (χ4v) is 4.07. The quantitative estimate of drug-likeness (QED) is 0.722. The maximum Gasteiger partial charge on any atom is 0.338 e. The molecule has 0 aliphatic carbocycles. The third-order valence-electron chi connectivity index (χ3n) is 3.70. The van der Waals surface area contributed by atoms with Crippen LogP contribution in [-0.2, 0) is 30.7 Å². The Kier molecular flexibility index (Phi) is 6.55. The van der Waals surface area contributed by atoms with Gasteiger partial charge in [0.05, 0.1) is 29.8 Å². The van der Waals surface area contributed by atoms with Crippen molar-refractivity contribution in [3.63, 3.8) is 0 Å². The van der Waals surface area contributed by atoms with Gasteiger partial charge in [0.15, 0.2) is 16.4 Å². The maximum atomic E-state index is 11.9. The molecule has 1 atom stereocenters. The highest BCUT2D eigenvalue weighted by atomic mass is 32.2. The van der Waals surface area contributed by atoms with Gasteiger partial charge in [-0.2, -0.15) is 0 Å². The molecular weight excluding hydrogens is 346 g/mol. The largest absolute Gasteiger partial charge is 0.452 e. The van der Waals surface area contributed by atoms with Crippen molar-refractivity contribution in [2.75, 3.05) is 18.1 Å². The van der Waals surface area contributed by atoms with Crippen LogP contribution in [0.5, 0.6) is 0 Å². The van der Waals surface area contributed by atoms with Crippen molar-refractivity contribution in [3.05, 3.63) is 35.4 Å². The van der Waals surface area contributed by atoms with Crippen LogP contribution in [0, 0.1) is 0 Å². The molecule has 7 nitrogen and oxygen atoms in total. The second-order valence-electron chi connectivity index (χ2n) is 6.30. The average molecular weight is 369 g/mol. The van der Waals surface area contributed by atoms with E-state index in [1.54, 1.807) is 24.3 Å². The van der Waals surface area contributed by atoms with Crippen LogP contribution in [0.2, 0.25) is 0 Å². The Bertz CT molecular complexity index is 711. The summed E-state index contributed by atoms with van der Waals surface area (Å²) in [6, 6.07) is 6.35. The summed E-state index contributed by atoms with van der Waals surface area (Å²) in [7, 11) is -3.06. The number of carbonyl (C=O) groups is 2. The van der Waals surface area contributed by atoms with E-state index >= 15 is 0 Å². The predicted molar refractivity (Wildman–Crippen MR) is 91.9 cm³/mol. The molecule has 1 saturated heterocycles. The molecule has 138 valence electrons. The SMILES string of the molecule is CC(C)OCc1ccc(C(=O)OCC(=O)N[C@H]2CCS(=O)(=O)C2)cc1. The molecule has 2 rings (SSSR count). The number of sulfone groups is 1. The average Bonchev–Trinajstić information content (AvgIpc) is 2.89. The molecule has 0 bridgehead atoms. The normalized spacial score (nSPS) is 18.9. The summed E-state index contributed by atoms with van der Waals surface area (Å²) in [4.78, 5) is 23.7. The molecule has 1 aliphatic heterocycles. The number of rotatable bonds is 7. The third-order valence-corrected chi connectivity index (χ3v) is 5.47. The van der Waals surface area contributed by atoms with E-state index in [2.05, 4.69) is 5.32 Å². The minimum absolute atomic E-state index is 0.0629. The molecule has 0 aromatic heterocycles. The molecule has 0 spiro atoms. The monoisotopic (exact) mass is 369 g/mol. The molecule has 0 radical (unpaired) electrons. The smallest absolute Gasteiger partial charge is 0.338 e. The van der Waals surface area contributed by atoms with Gasteiger partial charge in [0.2, 0.25) is 0 Å². The van der Waals surface area contributed by atoms with Crippen molar-refractivity contribution in [2.24, 2.45) is 0 Å². The number of esters is 1. The van der Waals surface area contributed by atoms with Gasteiger partial charge in [0.1, 0.15) is 0 Å². The zero-order valence-electron chi connectivity index (χ0n) is 14.4. The summed E-state index contributed by atoms with van der Waals surface area (Å²) in [6.07, 6.45) is 0.514. The number of amides is 1. The van der Waals surface area contributed by atoms with Crippen LogP contribution in [-0.4, -0.2) is 50.6 Å². The molecule has 0 saturated carbocycles. The summed E-state index contributed by atoms with van der Waals surface area (Å²) in [5.41, 5.74) is 1.27. The molecule has 1 amide bonds. The summed E-state index contributed by atoms with van der Waals surface area (Å²) in [5.74, 6) is -1.10. The summed E-state index contributed by atoms with van der Waals surface area (Å²) in [6.45, 7) is 3.91. The topological polar surface area (TPSA) is 98.8 Å². The van der Waals surface area contributed by atoms with Gasteiger partial charge >= 0.3 is 5.97 Å². The van der Waals surface area contributed by atoms with E-state index < -0.39 is 34.4 Å². The van der Waals surface area contributed by atoms with Crippen molar-refractivity contribution < 1.29 is 27.5 Å². The highest BCUT2D eigenvalue weighted by Crippen LogP contribution is 2.11. The first-order valence-electron chi connectivity index (χ1n) is 8.12. The minimum Gasteiger partial charge on any atom is -0.452 e. The Labute approximate surface area is 147 Å². The first kappa shape index (κ1) is 19.4. The Morgan fingerprint density at radius 3 is 2.48 bits per heavy atom. The molecule has 1 fully saturated rings. The Morgan fingerprint density at radius 2 is 1.92 bits per heavy atom. The Balaban J connectivity index is 1.77. The van der Waals surface area contributed by atoms with Crippen molar-refractivity contribution in [1.82, 2.24) is 5.32 Å². The van der Waals surface area contributed by atoms with Gasteiger partial charge in [0, 0.05) is 6.04 Å². The number of ether oxygens (including phenoxy) is 2. The van der Waals surface area contributed by atoms with Crippen molar-refractivity contribution in [1.29, 1.82) is 0 Å². The first-order chi connectivity index (χ1) is 11.7. The molecule has 1 heterocycles. The van der Waals surface area contributed by atoms with Gasteiger partial charge in [-0.05, 0) is 38.0 Å². The minimum atomic E-state index is -3.06. The fourth-order valence-electron chi connectivity index (χ4n) is 2.39. The number of hydrogen-bond donors (Lipinski definition) is 1. The number of hydrogen-bond acceptors (Lipinski definition) is 6. The van der Waals surface area contributed by atoms with E-state index in [0.717, 1.165) is 5.56 Å². The summed E-state index contributed by atoms with van der Waals surface area (Å²) in [5, 5.41) is 2.57. The lowest BCUT2D eigenvalue weighted by Crippen LogP contribution is -2.38. The van der Waals surface area contributed by atoms with Gasteiger partial charge < -0.3 is 14.8 Å². The molecular formula is C17H23NO6S. The standard InChI is InChI=1S/C17H23NO6S/c1-12(2)23-9-13-3-5-14(6-4-13)17(20)24-10-16(19)18-15-7-8-25(21,22)11-15/h3-6,12,15H,7-11H2,1-2H3,(H,18,19)/t15-/m0/s1. The second-order valence-corrected chi connectivity index (χ2v) is 8.53. The van der Waals surface area contributed by atoms with E-state index in [4.69, 9.17) is 9.47 Å². The van der Waals surface area contributed by atoms with E-state index in [-0.39, 0.29) is 17.6 Å². The third kappa shape index (κ3) is 6.47.